The van der Waals surface area contributed by atoms with E-state index >= 15 is 0 Å². The Morgan fingerprint density at radius 1 is 1.21 bits per heavy atom. The molecule has 4 nitrogen and oxygen atoms in total. The summed E-state index contributed by atoms with van der Waals surface area (Å²) in [7, 11) is 0. The molecule has 1 aliphatic rings. The molecule has 3 radical (unpaired) electrons. The van der Waals surface area contributed by atoms with Crippen LogP contribution in [-0.4, -0.2) is 40.4 Å². The van der Waals surface area contributed by atoms with Crippen LogP contribution < -0.4 is 0 Å². The second kappa shape index (κ2) is 12.2. The minimum atomic E-state index is -0.948. The predicted molar refractivity (Wildman–Crippen MR) is 37.8 cm³/mol. The van der Waals surface area contributed by atoms with Crippen LogP contribution in [0.15, 0.2) is 0 Å². The number of hydrogen-bond acceptors (Lipinski definition) is 4. The maximum absolute atomic E-state index is 9.30. The summed E-state index contributed by atoms with van der Waals surface area (Å²) in [5.74, 6) is -0.266. The molecule has 0 bridgehead atoms. The summed E-state index contributed by atoms with van der Waals surface area (Å²) in [6, 6.07) is 0. The summed E-state index contributed by atoms with van der Waals surface area (Å²) in [6.07, 6.45) is -1.54. The van der Waals surface area contributed by atoms with E-state index in [1.165, 1.54) is 0 Å². The van der Waals surface area contributed by atoms with Gasteiger partial charge in [-0.1, -0.05) is 6.92 Å². The molecule has 3 N–H and O–H groups in total. The fourth-order valence-corrected chi connectivity index (χ4v) is 1.17. The van der Waals surface area contributed by atoms with Gasteiger partial charge in [0.1, 0.15) is 0 Å². The van der Waals surface area contributed by atoms with Crippen LogP contribution >= 0.6 is 0 Å². The van der Waals surface area contributed by atoms with Crippen LogP contribution in [0, 0.1) is 138 Å². The Morgan fingerprint density at radius 2 is 1.71 bits per heavy atom. The van der Waals surface area contributed by atoms with Crippen LogP contribution in [0.25, 0.3) is 0 Å². The first-order valence-electron chi connectivity index (χ1n) is 3.77. The molecule has 0 spiro atoms. The van der Waals surface area contributed by atoms with Crippen LogP contribution in [0.1, 0.15) is 13.3 Å². The van der Waals surface area contributed by atoms with Crippen LogP contribution in [0.5, 0.6) is 0 Å². The molecule has 0 aliphatic carbocycles. The van der Waals surface area contributed by atoms with E-state index in [9.17, 15) is 5.11 Å². The molecule has 75 valence electrons. The molecule has 4 unspecified atom stereocenters. The molecule has 1 aliphatic heterocycles. The number of aliphatic hydroxyl groups excluding tert-OH is 3. The van der Waals surface area contributed by atoms with Crippen LogP contribution in [0.2, 0.25) is 0 Å². The first kappa shape index (κ1) is 23.3. The maximum Gasteiger partial charge on any atom is 0.160 e. The summed E-state index contributed by atoms with van der Waals surface area (Å²) in [5, 5.41) is 27.1. The smallest absolute Gasteiger partial charge is 0.160 e. The van der Waals surface area contributed by atoms with E-state index in [1.807, 2.05) is 0 Å². The van der Waals surface area contributed by atoms with Gasteiger partial charge in [-0.2, -0.15) is 0 Å². The Kier molecular flexibility index (Phi) is 20.3. The van der Waals surface area contributed by atoms with E-state index in [1.54, 1.807) is 6.92 Å². The summed E-state index contributed by atoms with van der Waals surface area (Å²) in [5.41, 5.74) is 0. The Bertz CT molecular complexity index is 126. The van der Waals surface area contributed by atoms with Gasteiger partial charge in [-0.25, -0.2) is 0 Å². The molecular weight excluding hydrogens is 829 g/mol. The second-order valence-electron chi connectivity index (χ2n) is 2.99. The van der Waals surface area contributed by atoms with Gasteiger partial charge in [0.15, 0.2) is 6.29 Å². The van der Waals surface area contributed by atoms with E-state index in [2.05, 4.69) is 0 Å². The zero-order valence-electron chi connectivity index (χ0n) is 8.21. The average Bonchev–Trinajstić information content (AvgIpc) is 1.99. The molecule has 1 heterocycles. The van der Waals surface area contributed by atoms with E-state index in [0.717, 1.165) is 0 Å². The van der Waals surface area contributed by atoms with Crippen molar-refractivity contribution >= 4 is 0 Å². The van der Waals surface area contributed by atoms with Crippen LogP contribution in [0.4, 0.5) is 0 Å². The Morgan fingerprint density at radius 3 is 2.07 bits per heavy atom. The van der Waals surface area contributed by atoms with E-state index in [4.69, 9.17) is 14.9 Å². The zero-order valence-corrected chi connectivity index (χ0v) is 22.4. The molecule has 0 aromatic carbocycles. The summed E-state index contributed by atoms with van der Waals surface area (Å²) in [6.45, 7) is 1.56. The first-order valence-corrected chi connectivity index (χ1v) is 3.77. The SMILES string of the molecule is CC1C(O)CC(CO)OC1O.[Ac].[Ac].[Ac]. The van der Waals surface area contributed by atoms with Crippen molar-refractivity contribution in [3.05, 3.63) is 0 Å². The molecular formula is C7H14Ac3O4. The number of aliphatic hydroxyl groups is 3. The summed E-state index contributed by atoms with van der Waals surface area (Å²) >= 11 is 0. The Balaban J connectivity index is -0.000000403. The van der Waals surface area contributed by atoms with E-state index < -0.39 is 18.5 Å². The molecule has 1 saturated heterocycles. The van der Waals surface area contributed by atoms with Gasteiger partial charge in [-0.05, 0) is 0 Å². The topological polar surface area (TPSA) is 69.9 Å². The Labute approximate surface area is 192 Å². The fraction of sp³-hybridized carbons (Fsp3) is 1.00. The molecule has 7 heteroatoms. The molecule has 1 fully saturated rings. The summed E-state index contributed by atoms with van der Waals surface area (Å²) < 4.78 is 4.96. The van der Waals surface area contributed by atoms with Crippen molar-refractivity contribution in [1.82, 2.24) is 0 Å². The van der Waals surface area contributed by atoms with Gasteiger partial charge in [0, 0.05) is 145 Å². The molecule has 0 aromatic rings. The van der Waals surface area contributed by atoms with Crippen molar-refractivity contribution in [1.29, 1.82) is 0 Å². The quantitative estimate of drug-likeness (QED) is 0.320. The standard InChI is InChI=1S/C7H14O4.3Ac/c1-4-6(9)2-5(3-8)11-7(4)10;;;/h4-10H,2-3H2,1H3;;;. The number of hydrogen-bond donors (Lipinski definition) is 3. The van der Waals surface area contributed by atoms with Gasteiger partial charge in [0.05, 0.1) is 18.8 Å². The monoisotopic (exact) mass is 843 g/mol. The third-order valence-electron chi connectivity index (χ3n) is 2.10. The van der Waals surface area contributed by atoms with Crippen molar-refractivity contribution in [2.75, 3.05) is 6.61 Å². The minimum Gasteiger partial charge on any atom is -0.394 e. The molecule has 14 heavy (non-hydrogen) atoms. The molecule has 0 amide bonds. The molecule has 0 aromatic heterocycles. The third kappa shape index (κ3) is 7.57. The van der Waals surface area contributed by atoms with Crippen molar-refractivity contribution in [3.8, 4) is 0 Å². The Hall–Kier alpha value is 4.16. The third-order valence-corrected chi connectivity index (χ3v) is 2.10. The van der Waals surface area contributed by atoms with Gasteiger partial charge < -0.3 is 20.1 Å². The van der Waals surface area contributed by atoms with Gasteiger partial charge in [0.2, 0.25) is 0 Å². The number of rotatable bonds is 1. The van der Waals surface area contributed by atoms with Gasteiger partial charge in [0.25, 0.3) is 0 Å². The van der Waals surface area contributed by atoms with E-state index in [0.29, 0.717) is 6.42 Å². The minimum absolute atomic E-state index is 0. The molecule has 4 atom stereocenters. The van der Waals surface area contributed by atoms with Crippen molar-refractivity contribution in [3.63, 3.8) is 0 Å². The van der Waals surface area contributed by atoms with E-state index in [-0.39, 0.29) is 145 Å². The average molecular weight is 843 g/mol. The number of ether oxygens (including phenoxy) is 1. The summed E-state index contributed by atoms with van der Waals surface area (Å²) in [4.78, 5) is 0. The van der Waals surface area contributed by atoms with Crippen molar-refractivity contribution < 1.29 is 152 Å². The molecule has 0 saturated carbocycles. The maximum atomic E-state index is 9.30. The van der Waals surface area contributed by atoms with Gasteiger partial charge >= 0.3 is 0 Å². The van der Waals surface area contributed by atoms with Gasteiger partial charge in [-0.15, -0.1) is 0 Å². The van der Waals surface area contributed by atoms with Crippen molar-refractivity contribution in [2.45, 2.75) is 31.8 Å². The molecule has 1 rings (SSSR count). The van der Waals surface area contributed by atoms with Gasteiger partial charge in [-0.3, -0.25) is 0 Å². The largest absolute Gasteiger partial charge is 0.394 e. The van der Waals surface area contributed by atoms with Crippen LogP contribution in [-0.2, 0) is 4.74 Å². The zero-order chi connectivity index (χ0) is 8.43. The van der Waals surface area contributed by atoms with Crippen molar-refractivity contribution in [2.24, 2.45) is 5.92 Å². The first-order chi connectivity index (χ1) is 5.15. The normalized spacial score (nSPS) is 36.0. The van der Waals surface area contributed by atoms with Crippen LogP contribution in [0.3, 0.4) is 0 Å². The predicted octanol–water partition coefficient (Wildman–Crippen LogP) is -0.917. The second-order valence-corrected chi connectivity index (χ2v) is 2.99. The fourth-order valence-electron chi connectivity index (χ4n) is 1.17.